The molecule has 140 valence electrons. The highest BCUT2D eigenvalue weighted by Crippen LogP contribution is 2.24. The first-order chi connectivity index (χ1) is 12.0. The average Bonchev–Trinajstić information content (AvgIpc) is 2.98. The summed E-state index contributed by atoms with van der Waals surface area (Å²) in [5, 5.41) is 19.5. The van der Waals surface area contributed by atoms with Gasteiger partial charge in [0.1, 0.15) is 5.76 Å². The van der Waals surface area contributed by atoms with Gasteiger partial charge < -0.3 is 19.5 Å². The summed E-state index contributed by atoms with van der Waals surface area (Å²) in [4.78, 5) is 16.8. The number of furan rings is 1. The molecular weight excluding hydrogens is 320 g/mol. The first-order valence-corrected chi connectivity index (χ1v) is 9.43. The van der Waals surface area contributed by atoms with Gasteiger partial charge in [0.15, 0.2) is 5.76 Å². The molecule has 1 aromatic heterocycles. The minimum atomic E-state index is -1.06. The number of rotatable bonds is 4. The lowest BCUT2D eigenvalue weighted by Gasteiger charge is -2.29. The lowest BCUT2D eigenvalue weighted by atomic mass is 9.96. The van der Waals surface area contributed by atoms with Crippen LogP contribution in [0, 0.1) is 5.92 Å². The molecule has 0 saturated carbocycles. The number of carbonyl (C=O) groups is 1. The van der Waals surface area contributed by atoms with Gasteiger partial charge in [-0.05, 0) is 63.2 Å². The SMILES string of the molecule is CC1CCN(Cc2ccc(C(=O)N3CCC[C@](O)(CO)CC3)o2)CC1. The Morgan fingerprint density at radius 2 is 2.00 bits per heavy atom. The molecule has 0 spiro atoms. The van der Waals surface area contributed by atoms with E-state index in [1.807, 2.05) is 6.07 Å². The van der Waals surface area contributed by atoms with Crippen LogP contribution in [0.3, 0.4) is 0 Å². The van der Waals surface area contributed by atoms with Crippen LogP contribution in [-0.2, 0) is 6.54 Å². The smallest absolute Gasteiger partial charge is 0.289 e. The van der Waals surface area contributed by atoms with E-state index < -0.39 is 5.60 Å². The number of hydrogen-bond acceptors (Lipinski definition) is 5. The Hall–Kier alpha value is -1.37. The monoisotopic (exact) mass is 350 g/mol. The molecule has 2 aliphatic rings. The summed E-state index contributed by atoms with van der Waals surface area (Å²) >= 11 is 0. The van der Waals surface area contributed by atoms with Crippen molar-refractivity contribution in [1.29, 1.82) is 0 Å². The second-order valence-electron chi connectivity index (χ2n) is 7.75. The molecule has 6 nitrogen and oxygen atoms in total. The Balaban J connectivity index is 1.57. The highest BCUT2D eigenvalue weighted by Gasteiger charge is 2.31. The molecule has 3 heterocycles. The van der Waals surface area contributed by atoms with Crippen molar-refractivity contribution in [3.05, 3.63) is 23.7 Å². The average molecular weight is 350 g/mol. The Morgan fingerprint density at radius 1 is 1.24 bits per heavy atom. The van der Waals surface area contributed by atoms with Crippen LogP contribution in [0.2, 0.25) is 0 Å². The van der Waals surface area contributed by atoms with E-state index in [4.69, 9.17) is 4.42 Å². The Kier molecular flexibility index (Phi) is 5.81. The fourth-order valence-electron chi connectivity index (χ4n) is 3.71. The highest BCUT2D eigenvalue weighted by atomic mass is 16.4. The molecule has 2 aliphatic heterocycles. The van der Waals surface area contributed by atoms with Crippen molar-refractivity contribution in [3.8, 4) is 0 Å². The van der Waals surface area contributed by atoms with Crippen molar-refractivity contribution in [2.75, 3.05) is 32.8 Å². The van der Waals surface area contributed by atoms with E-state index in [2.05, 4.69) is 11.8 Å². The van der Waals surface area contributed by atoms with E-state index >= 15 is 0 Å². The predicted molar refractivity (Wildman–Crippen MR) is 94.2 cm³/mol. The second kappa shape index (κ2) is 7.89. The van der Waals surface area contributed by atoms with Crippen LogP contribution in [0.15, 0.2) is 16.5 Å². The molecule has 25 heavy (non-hydrogen) atoms. The number of piperidine rings is 1. The summed E-state index contributed by atoms with van der Waals surface area (Å²) in [5.74, 6) is 1.88. The van der Waals surface area contributed by atoms with Gasteiger partial charge in [-0.3, -0.25) is 9.69 Å². The topological polar surface area (TPSA) is 77.2 Å². The van der Waals surface area contributed by atoms with Crippen molar-refractivity contribution in [3.63, 3.8) is 0 Å². The summed E-state index contributed by atoms with van der Waals surface area (Å²) in [5.41, 5.74) is -1.06. The third-order valence-corrected chi connectivity index (χ3v) is 5.63. The maximum absolute atomic E-state index is 12.7. The Morgan fingerprint density at radius 3 is 2.72 bits per heavy atom. The van der Waals surface area contributed by atoms with Crippen LogP contribution in [0.1, 0.15) is 55.3 Å². The Labute approximate surface area is 149 Å². The molecule has 6 heteroatoms. The van der Waals surface area contributed by atoms with Gasteiger partial charge in [0.05, 0.1) is 18.8 Å². The number of amides is 1. The van der Waals surface area contributed by atoms with E-state index in [1.165, 1.54) is 12.8 Å². The first-order valence-electron chi connectivity index (χ1n) is 9.43. The number of hydrogen-bond donors (Lipinski definition) is 2. The number of nitrogens with zero attached hydrogens (tertiary/aromatic N) is 2. The maximum Gasteiger partial charge on any atom is 0.289 e. The number of carbonyl (C=O) groups excluding carboxylic acids is 1. The lowest BCUT2D eigenvalue weighted by Crippen LogP contribution is -2.36. The number of aliphatic hydroxyl groups excluding tert-OH is 1. The second-order valence-corrected chi connectivity index (χ2v) is 7.75. The fourth-order valence-corrected chi connectivity index (χ4v) is 3.71. The molecule has 0 aromatic carbocycles. The number of aliphatic hydroxyl groups is 2. The zero-order chi connectivity index (χ0) is 17.9. The summed E-state index contributed by atoms with van der Waals surface area (Å²) in [6.07, 6.45) is 4.03. The van der Waals surface area contributed by atoms with Gasteiger partial charge >= 0.3 is 0 Å². The van der Waals surface area contributed by atoms with Crippen molar-refractivity contribution in [2.24, 2.45) is 5.92 Å². The van der Waals surface area contributed by atoms with Gasteiger partial charge in [-0.25, -0.2) is 0 Å². The number of likely N-dealkylation sites (tertiary alicyclic amines) is 2. The van der Waals surface area contributed by atoms with Crippen molar-refractivity contribution in [1.82, 2.24) is 9.80 Å². The van der Waals surface area contributed by atoms with Gasteiger partial charge in [-0.15, -0.1) is 0 Å². The standard InChI is InChI=1S/C19H30N2O4/c1-15-5-10-20(11-6-15)13-16-3-4-17(25-16)18(23)21-9-2-7-19(24,14-22)8-12-21/h3-4,15,22,24H,2,5-14H2,1H3/t19-/m1/s1. The fraction of sp³-hybridized carbons (Fsp3) is 0.737. The van der Waals surface area contributed by atoms with Crippen LogP contribution < -0.4 is 0 Å². The molecule has 1 atom stereocenters. The van der Waals surface area contributed by atoms with Gasteiger partial charge in [-0.2, -0.15) is 0 Å². The molecule has 3 rings (SSSR count). The third-order valence-electron chi connectivity index (χ3n) is 5.63. The molecule has 0 radical (unpaired) electrons. The molecular formula is C19H30N2O4. The third kappa shape index (κ3) is 4.63. The first kappa shape index (κ1) is 18.4. The van der Waals surface area contributed by atoms with E-state index in [1.54, 1.807) is 11.0 Å². The van der Waals surface area contributed by atoms with Crippen molar-refractivity contribution in [2.45, 2.75) is 51.2 Å². The Bertz CT molecular complexity index is 580. The summed E-state index contributed by atoms with van der Waals surface area (Å²) in [7, 11) is 0. The minimum Gasteiger partial charge on any atom is -0.455 e. The van der Waals surface area contributed by atoms with Crippen molar-refractivity contribution < 1.29 is 19.4 Å². The molecule has 1 amide bonds. The molecule has 2 fully saturated rings. The van der Waals surface area contributed by atoms with Crippen LogP contribution >= 0.6 is 0 Å². The zero-order valence-corrected chi connectivity index (χ0v) is 15.1. The van der Waals surface area contributed by atoms with Crippen LogP contribution in [-0.4, -0.2) is 64.3 Å². The van der Waals surface area contributed by atoms with E-state index in [0.717, 1.165) is 31.3 Å². The zero-order valence-electron chi connectivity index (χ0n) is 15.1. The molecule has 0 bridgehead atoms. The van der Waals surface area contributed by atoms with Crippen molar-refractivity contribution >= 4 is 5.91 Å². The van der Waals surface area contributed by atoms with Crippen LogP contribution in [0.4, 0.5) is 0 Å². The summed E-state index contributed by atoms with van der Waals surface area (Å²) < 4.78 is 5.80. The van der Waals surface area contributed by atoms with E-state index in [-0.39, 0.29) is 12.5 Å². The van der Waals surface area contributed by atoms with E-state index in [9.17, 15) is 15.0 Å². The van der Waals surface area contributed by atoms with Gasteiger partial charge in [0.2, 0.25) is 0 Å². The largest absolute Gasteiger partial charge is 0.455 e. The van der Waals surface area contributed by atoms with E-state index in [0.29, 0.717) is 38.1 Å². The van der Waals surface area contributed by atoms with Gasteiger partial charge in [-0.1, -0.05) is 6.92 Å². The van der Waals surface area contributed by atoms with Crippen LogP contribution in [0.5, 0.6) is 0 Å². The van der Waals surface area contributed by atoms with Crippen LogP contribution in [0.25, 0.3) is 0 Å². The van der Waals surface area contributed by atoms with Gasteiger partial charge in [0, 0.05) is 13.1 Å². The lowest BCUT2D eigenvalue weighted by molar-refractivity contribution is -0.0251. The summed E-state index contributed by atoms with van der Waals surface area (Å²) in [6, 6.07) is 3.65. The molecule has 0 unspecified atom stereocenters. The molecule has 1 aromatic rings. The molecule has 2 saturated heterocycles. The maximum atomic E-state index is 12.7. The predicted octanol–water partition coefficient (Wildman–Crippen LogP) is 1.86. The minimum absolute atomic E-state index is 0.124. The summed E-state index contributed by atoms with van der Waals surface area (Å²) in [6.45, 7) is 5.98. The van der Waals surface area contributed by atoms with Gasteiger partial charge in [0.25, 0.3) is 5.91 Å². The normalized spacial score (nSPS) is 26.6. The molecule has 0 aliphatic carbocycles. The quantitative estimate of drug-likeness (QED) is 0.867. The highest BCUT2D eigenvalue weighted by molar-refractivity contribution is 5.91. The molecule has 2 N–H and O–H groups in total.